The number of anilines is 1. The number of ketones is 1. The van der Waals surface area contributed by atoms with Crippen molar-refractivity contribution in [1.82, 2.24) is 18.7 Å². The standard InChI is InChI=1S/C19H20ClN5O5S/c1-4-31(29,30)25-8-7-11-9-12(5-6-13(11)25)14(26)10-24-15-16(21-18(24)20)22(2)19(28)23(3)17(15)27/h5-6,9H,4,7-8,10H2,1-3H3. The zero-order chi connectivity index (χ0) is 22.7. The van der Waals surface area contributed by atoms with Crippen LogP contribution in [0.25, 0.3) is 11.2 Å². The lowest BCUT2D eigenvalue weighted by Crippen LogP contribution is -2.37. The van der Waals surface area contributed by atoms with Gasteiger partial charge in [0, 0.05) is 26.2 Å². The van der Waals surface area contributed by atoms with Gasteiger partial charge in [0.2, 0.25) is 15.3 Å². The van der Waals surface area contributed by atoms with Crippen molar-refractivity contribution >= 4 is 44.3 Å². The maximum atomic E-state index is 13.0. The summed E-state index contributed by atoms with van der Waals surface area (Å²) in [6.45, 7) is 1.67. The molecule has 0 atom stereocenters. The fourth-order valence-corrected chi connectivity index (χ4v) is 5.17. The highest BCUT2D eigenvalue weighted by molar-refractivity contribution is 7.92. The number of halogens is 1. The molecule has 10 nitrogen and oxygen atoms in total. The molecule has 0 unspecified atom stereocenters. The highest BCUT2D eigenvalue weighted by Gasteiger charge is 2.29. The number of fused-ring (bicyclic) bond motifs is 2. The van der Waals surface area contributed by atoms with E-state index in [2.05, 4.69) is 4.98 Å². The first kappa shape index (κ1) is 21.3. The highest BCUT2D eigenvalue weighted by Crippen LogP contribution is 2.31. The minimum atomic E-state index is -3.38. The first-order valence-electron chi connectivity index (χ1n) is 9.55. The molecule has 3 aromatic rings. The fraction of sp³-hybridized carbons (Fsp3) is 0.368. The zero-order valence-electron chi connectivity index (χ0n) is 17.1. The molecule has 0 aliphatic carbocycles. The van der Waals surface area contributed by atoms with Crippen LogP contribution in [0.3, 0.4) is 0 Å². The summed E-state index contributed by atoms with van der Waals surface area (Å²) in [6, 6.07) is 4.86. The number of benzene rings is 1. The van der Waals surface area contributed by atoms with Gasteiger partial charge in [-0.05, 0) is 48.7 Å². The van der Waals surface area contributed by atoms with Crippen LogP contribution in [-0.4, -0.2) is 45.2 Å². The van der Waals surface area contributed by atoms with Gasteiger partial charge >= 0.3 is 5.69 Å². The topological polar surface area (TPSA) is 116 Å². The van der Waals surface area contributed by atoms with Crippen LogP contribution in [0.15, 0.2) is 27.8 Å². The van der Waals surface area contributed by atoms with E-state index in [0.29, 0.717) is 24.2 Å². The van der Waals surface area contributed by atoms with Gasteiger partial charge in [0.05, 0.1) is 18.0 Å². The molecule has 12 heteroatoms. The molecule has 0 spiro atoms. The Hall–Kier alpha value is -2.92. The Morgan fingerprint density at radius 2 is 1.90 bits per heavy atom. The first-order valence-corrected chi connectivity index (χ1v) is 11.5. The molecule has 1 aliphatic rings. The Labute approximate surface area is 182 Å². The molecule has 164 valence electrons. The summed E-state index contributed by atoms with van der Waals surface area (Å²) in [6.07, 6.45) is 0.507. The van der Waals surface area contributed by atoms with E-state index in [4.69, 9.17) is 11.6 Å². The van der Waals surface area contributed by atoms with Gasteiger partial charge < -0.3 is 4.57 Å². The molecule has 1 aromatic carbocycles. The van der Waals surface area contributed by atoms with Gasteiger partial charge in [-0.15, -0.1) is 0 Å². The Balaban J connectivity index is 1.72. The number of imidazole rings is 1. The van der Waals surface area contributed by atoms with Crippen molar-refractivity contribution in [3.8, 4) is 0 Å². The third kappa shape index (κ3) is 3.28. The molecule has 0 N–H and O–H groups in total. The molecule has 0 fully saturated rings. The number of Topliss-reactive ketones (excluding diaryl/α,β-unsaturated/α-hetero) is 1. The predicted molar refractivity (Wildman–Crippen MR) is 117 cm³/mol. The molecule has 0 bridgehead atoms. The third-order valence-corrected chi connectivity index (χ3v) is 7.63. The van der Waals surface area contributed by atoms with Crippen molar-refractivity contribution in [3.05, 3.63) is 55.4 Å². The average Bonchev–Trinajstić information content (AvgIpc) is 3.32. The third-order valence-electron chi connectivity index (χ3n) is 5.56. The number of aryl methyl sites for hydroxylation is 1. The Morgan fingerprint density at radius 1 is 1.19 bits per heavy atom. The van der Waals surface area contributed by atoms with Crippen molar-refractivity contribution in [3.63, 3.8) is 0 Å². The van der Waals surface area contributed by atoms with Crippen LogP contribution in [0.1, 0.15) is 22.8 Å². The maximum Gasteiger partial charge on any atom is 0.332 e. The van der Waals surface area contributed by atoms with Gasteiger partial charge in [0.1, 0.15) is 0 Å². The van der Waals surface area contributed by atoms with Gasteiger partial charge in [-0.1, -0.05) is 0 Å². The number of carbonyl (C=O) groups excluding carboxylic acids is 1. The van der Waals surface area contributed by atoms with Crippen molar-refractivity contribution < 1.29 is 13.2 Å². The summed E-state index contributed by atoms with van der Waals surface area (Å²) in [5, 5.41) is -0.0805. The van der Waals surface area contributed by atoms with E-state index < -0.39 is 21.3 Å². The Morgan fingerprint density at radius 3 is 2.58 bits per heavy atom. The largest absolute Gasteiger partial charge is 0.332 e. The number of nitrogens with zero attached hydrogens (tertiary/aromatic N) is 5. The SMILES string of the molecule is CCS(=O)(=O)N1CCc2cc(C(=O)Cn3c(Cl)nc4c3c(=O)n(C)c(=O)n4C)ccc21. The quantitative estimate of drug-likeness (QED) is 0.404. The molecule has 0 saturated carbocycles. The molecule has 1 aliphatic heterocycles. The van der Waals surface area contributed by atoms with Crippen LogP contribution in [0.4, 0.5) is 5.69 Å². The van der Waals surface area contributed by atoms with E-state index in [1.54, 1.807) is 25.1 Å². The van der Waals surface area contributed by atoms with Crippen molar-refractivity contribution in [2.24, 2.45) is 14.1 Å². The lowest BCUT2D eigenvalue weighted by Gasteiger charge is -2.18. The number of hydrogen-bond acceptors (Lipinski definition) is 6. The first-order chi connectivity index (χ1) is 14.6. The van der Waals surface area contributed by atoms with Crippen LogP contribution in [0.2, 0.25) is 5.28 Å². The highest BCUT2D eigenvalue weighted by atomic mass is 35.5. The normalized spacial score (nSPS) is 13.7. The van der Waals surface area contributed by atoms with Crippen molar-refractivity contribution in [1.29, 1.82) is 0 Å². The van der Waals surface area contributed by atoms with E-state index in [-0.39, 0.29) is 34.5 Å². The molecular weight excluding hydrogens is 446 g/mol. The van der Waals surface area contributed by atoms with Gasteiger partial charge in [-0.25, -0.2) is 13.2 Å². The summed E-state index contributed by atoms with van der Waals surface area (Å²) in [5.74, 6) is -0.326. The van der Waals surface area contributed by atoms with Crippen molar-refractivity contribution in [2.75, 3.05) is 16.6 Å². The summed E-state index contributed by atoms with van der Waals surface area (Å²) in [5.41, 5.74) is 0.727. The fourth-order valence-electron chi connectivity index (χ4n) is 3.79. The molecule has 2 aromatic heterocycles. The molecule has 0 saturated heterocycles. The van der Waals surface area contributed by atoms with Crippen LogP contribution in [0.5, 0.6) is 0 Å². The monoisotopic (exact) mass is 465 g/mol. The van der Waals surface area contributed by atoms with Gasteiger partial charge in [0.15, 0.2) is 16.9 Å². The smallest absolute Gasteiger partial charge is 0.301 e. The van der Waals surface area contributed by atoms with Crippen LogP contribution >= 0.6 is 11.6 Å². The second-order valence-electron chi connectivity index (χ2n) is 7.33. The zero-order valence-corrected chi connectivity index (χ0v) is 18.7. The number of sulfonamides is 1. The van der Waals surface area contributed by atoms with Crippen LogP contribution < -0.4 is 15.6 Å². The Bertz CT molecular complexity index is 1470. The molecule has 31 heavy (non-hydrogen) atoms. The lowest BCUT2D eigenvalue weighted by molar-refractivity contribution is 0.0973. The lowest BCUT2D eigenvalue weighted by atomic mass is 10.1. The summed E-state index contributed by atoms with van der Waals surface area (Å²) in [7, 11) is -0.569. The van der Waals surface area contributed by atoms with Crippen molar-refractivity contribution in [2.45, 2.75) is 19.9 Å². The molecule has 0 radical (unpaired) electrons. The summed E-state index contributed by atoms with van der Waals surface area (Å²) >= 11 is 6.19. The van der Waals surface area contributed by atoms with E-state index in [1.807, 2.05) is 0 Å². The predicted octanol–water partition coefficient (Wildman–Crippen LogP) is 0.682. The number of aromatic nitrogens is 4. The van der Waals surface area contributed by atoms with Gasteiger partial charge in [-0.3, -0.25) is 23.0 Å². The molecule has 0 amide bonds. The number of carbonyl (C=O) groups is 1. The van der Waals surface area contributed by atoms with Gasteiger partial charge in [0.25, 0.3) is 5.56 Å². The van der Waals surface area contributed by atoms with E-state index in [0.717, 1.165) is 10.1 Å². The molecular formula is C19H20ClN5O5S. The Kier molecular flexibility index (Phi) is 5.05. The molecule has 4 rings (SSSR count). The van der Waals surface area contributed by atoms with E-state index >= 15 is 0 Å². The van der Waals surface area contributed by atoms with E-state index in [1.165, 1.54) is 27.5 Å². The second kappa shape index (κ2) is 7.34. The second-order valence-corrected chi connectivity index (χ2v) is 9.85. The number of rotatable bonds is 5. The summed E-state index contributed by atoms with van der Waals surface area (Å²) < 4.78 is 29.3. The minimum Gasteiger partial charge on any atom is -0.301 e. The van der Waals surface area contributed by atoms with Crippen LogP contribution in [-0.2, 0) is 37.1 Å². The maximum absolute atomic E-state index is 13.0. The number of hydrogen-bond donors (Lipinski definition) is 0. The van der Waals surface area contributed by atoms with Gasteiger partial charge in [-0.2, -0.15) is 4.98 Å². The van der Waals surface area contributed by atoms with E-state index in [9.17, 15) is 22.8 Å². The van der Waals surface area contributed by atoms with Crippen LogP contribution in [0, 0.1) is 0 Å². The molecule has 3 heterocycles. The average molecular weight is 466 g/mol. The minimum absolute atomic E-state index is 0.00319. The summed E-state index contributed by atoms with van der Waals surface area (Å²) in [4.78, 5) is 41.8.